The minimum atomic E-state index is -0.901. The molecule has 5 heteroatoms. The van der Waals surface area contributed by atoms with Gasteiger partial charge in [0, 0.05) is 29.8 Å². The lowest BCUT2D eigenvalue weighted by Gasteiger charge is -2.40. The Balaban J connectivity index is 1.59. The van der Waals surface area contributed by atoms with E-state index in [1.807, 2.05) is 58.3 Å². The van der Waals surface area contributed by atoms with Gasteiger partial charge < -0.3 is 14.5 Å². The van der Waals surface area contributed by atoms with Crippen molar-refractivity contribution in [2.24, 2.45) is 0 Å². The van der Waals surface area contributed by atoms with Crippen LogP contribution in [0.2, 0.25) is 0 Å². The normalized spacial score (nSPS) is 18.9. The van der Waals surface area contributed by atoms with Crippen LogP contribution in [0.4, 0.5) is 0 Å². The van der Waals surface area contributed by atoms with Gasteiger partial charge in [0.1, 0.15) is 5.75 Å². The molecule has 2 aliphatic heterocycles. The van der Waals surface area contributed by atoms with Crippen molar-refractivity contribution < 1.29 is 14.3 Å². The molecule has 0 bridgehead atoms. The standard InChI is InChI=1S/C28H28N2O3/c1-3-6-20-9-13-22(14-10-20)28-25-8-5-4-7-24(25)27(32)30(28)18-17-29(28)26(31)19-21-11-15-23(33-2)16-12-21/h4-5,7-16H,3,6,17-19H2,1-2H3. The number of aryl methyl sites for hydroxylation is 1. The second-order valence-corrected chi connectivity index (χ2v) is 8.69. The van der Waals surface area contributed by atoms with E-state index in [1.165, 1.54) is 5.56 Å². The molecule has 0 aliphatic carbocycles. The van der Waals surface area contributed by atoms with E-state index in [9.17, 15) is 9.59 Å². The number of rotatable bonds is 6. The Hall–Kier alpha value is -3.60. The van der Waals surface area contributed by atoms with Crippen LogP contribution in [0.5, 0.6) is 5.75 Å². The molecule has 33 heavy (non-hydrogen) atoms. The van der Waals surface area contributed by atoms with Gasteiger partial charge >= 0.3 is 0 Å². The highest BCUT2D eigenvalue weighted by atomic mass is 16.5. The first kappa shape index (κ1) is 21.3. The average molecular weight is 441 g/mol. The molecule has 3 aromatic rings. The predicted octanol–water partition coefficient (Wildman–Crippen LogP) is 4.39. The maximum Gasteiger partial charge on any atom is 0.256 e. The fraction of sp³-hybridized carbons (Fsp3) is 0.286. The van der Waals surface area contributed by atoms with Crippen LogP contribution in [-0.4, -0.2) is 41.8 Å². The summed E-state index contributed by atoms with van der Waals surface area (Å²) in [6, 6.07) is 23.7. The molecular weight excluding hydrogens is 412 g/mol. The summed E-state index contributed by atoms with van der Waals surface area (Å²) in [7, 11) is 1.63. The third-order valence-corrected chi connectivity index (χ3v) is 6.82. The zero-order valence-corrected chi connectivity index (χ0v) is 19.1. The Morgan fingerprint density at radius 2 is 1.64 bits per heavy atom. The number of benzene rings is 3. The number of ether oxygens (including phenoxy) is 1. The number of methoxy groups -OCH3 is 1. The number of amides is 2. The fourth-order valence-electron chi connectivity index (χ4n) is 5.31. The molecule has 2 heterocycles. The van der Waals surface area contributed by atoms with Gasteiger partial charge in [-0.2, -0.15) is 0 Å². The molecule has 1 unspecified atom stereocenters. The second-order valence-electron chi connectivity index (χ2n) is 8.69. The first-order valence-corrected chi connectivity index (χ1v) is 11.5. The molecule has 0 aromatic heterocycles. The SMILES string of the molecule is CCCc1ccc(C23c4ccccc4C(=O)N2CCN3C(=O)Cc2ccc(OC)cc2)cc1. The molecule has 0 radical (unpaired) electrons. The van der Waals surface area contributed by atoms with Gasteiger partial charge in [0.25, 0.3) is 5.91 Å². The van der Waals surface area contributed by atoms with Crippen molar-refractivity contribution in [2.45, 2.75) is 31.8 Å². The first-order valence-electron chi connectivity index (χ1n) is 11.5. The molecule has 1 saturated heterocycles. The zero-order valence-electron chi connectivity index (χ0n) is 19.1. The predicted molar refractivity (Wildman–Crippen MR) is 127 cm³/mol. The fourth-order valence-corrected chi connectivity index (χ4v) is 5.31. The molecule has 5 rings (SSSR count). The lowest BCUT2D eigenvalue weighted by atomic mass is 9.88. The van der Waals surface area contributed by atoms with Crippen molar-refractivity contribution in [3.8, 4) is 5.75 Å². The van der Waals surface area contributed by atoms with Crippen molar-refractivity contribution in [3.05, 3.63) is 101 Å². The van der Waals surface area contributed by atoms with Crippen LogP contribution in [0.15, 0.2) is 72.8 Å². The van der Waals surface area contributed by atoms with Crippen LogP contribution >= 0.6 is 0 Å². The Labute approximate surface area is 194 Å². The number of carbonyl (C=O) groups is 2. The summed E-state index contributed by atoms with van der Waals surface area (Å²) in [6.45, 7) is 3.18. The molecule has 2 amide bonds. The summed E-state index contributed by atoms with van der Waals surface area (Å²) in [5.74, 6) is 0.755. The molecule has 1 atom stereocenters. The lowest BCUT2D eigenvalue weighted by molar-refractivity contribution is -0.135. The summed E-state index contributed by atoms with van der Waals surface area (Å²) in [6.07, 6.45) is 2.35. The van der Waals surface area contributed by atoms with Crippen molar-refractivity contribution in [1.82, 2.24) is 9.80 Å². The first-order chi connectivity index (χ1) is 16.1. The Morgan fingerprint density at radius 1 is 0.939 bits per heavy atom. The lowest BCUT2D eigenvalue weighted by Crippen LogP contribution is -2.52. The highest BCUT2D eigenvalue weighted by Gasteiger charge is 2.59. The summed E-state index contributed by atoms with van der Waals surface area (Å²) in [5, 5.41) is 0. The topological polar surface area (TPSA) is 49.9 Å². The maximum atomic E-state index is 13.7. The summed E-state index contributed by atoms with van der Waals surface area (Å²) in [4.78, 5) is 30.9. The summed E-state index contributed by atoms with van der Waals surface area (Å²) >= 11 is 0. The van der Waals surface area contributed by atoms with Crippen LogP contribution < -0.4 is 4.74 Å². The van der Waals surface area contributed by atoms with Gasteiger partial charge in [0.2, 0.25) is 5.91 Å². The van der Waals surface area contributed by atoms with E-state index >= 15 is 0 Å². The number of carbonyl (C=O) groups excluding carboxylic acids is 2. The van der Waals surface area contributed by atoms with Gasteiger partial charge in [-0.1, -0.05) is 67.9 Å². The quantitative estimate of drug-likeness (QED) is 0.571. The Bertz CT molecular complexity index is 1190. The molecule has 0 saturated carbocycles. The average Bonchev–Trinajstić information content (AvgIpc) is 3.36. The Morgan fingerprint density at radius 3 is 2.33 bits per heavy atom. The van der Waals surface area contributed by atoms with Crippen LogP contribution in [0.3, 0.4) is 0 Å². The van der Waals surface area contributed by atoms with Gasteiger partial charge in [-0.3, -0.25) is 9.59 Å². The molecule has 5 nitrogen and oxygen atoms in total. The third kappa shape index (κ3) is 3.30. The number of nitrogens with zero attached hydrogens (tertiary/aromatic N) is 2. The molecule has 3 aromatic carbocycles. The van der Waals surface area contributed by atoms with Gasteiger partial charge in [0.15, 0.2) is 5.66 Å². The van der Waals surface area contributed by atoms with E-state index in [4.69, 9.17) is 4.74 Å². The van der Waals surface area contributed by atoms with Crippen LogP contribution in [0.1, 0.15) is 46.0 Å². The molecular formula is C28H28N2O3. The third-order valence-electron chi connectivity index (χ3n) is 6.82. The zero-order chi connectivity index (χ0) is 23.0. The van der Waals surface area contributed by atoms with Gasteiger partial charge in [-0.15, -0.1) is 0 Å². The van der Waals surface area contributed by atoms with Crippen molar-refractivity contribution in [3.63, 3.8) is 0 Å². The summed E-state index contributed by atoms with van der Waals surface area (Å²) < 4.78 is 5.24. The monoisotopic (exact) mass is 440 g/mol. The van der Waals surface area contributed by atoms with Gasteiger partial charge in [-0.05, 0) is 35.7 Å². The molecule has 0 N–H and O–H groups in total. The molecule has 1 fully saturated rings. The van der Waals surface area contributed by atoms with Crippen LogP contribution in [0.25, 0.3) is 0 Å². The largest absolute Gasteiger partial charge is 0.497 e. The van der Waals surface area contributed by atoms with Crippen LogP contribution in [0, 0.1) is 0 Å². The van der Waals surface area contributed by atoms with Gasteiger partial charge in [-0.25, -0.2) is 0 Å². The highest BCUT2D eigenvalue weighted by Crippen LogP contribution is 2.49. The van der Waals surface area contributed by atoms with Crippen LogP contribution in [-0.2, 0) is 23.3 Å². The highest BCUT2D eigenvalue weighted by molar-refractivity contribution is 6.02. The second kappa shape index (κ2) is 8.39. The number of hydrogen-bond donors (Lipinski definition) is 0. The van der Waals surface area contributed by atoms with Crippen molar-refractivity contribution in [2.75, 3.05) is 20.2 Å². The molecule has 2 aliphatic rings. The number of hydrogen-bond acceptors (Lipinski definition) is 3. The molecule has 0 spiro atoms. The molecule has 168 valence electrons. The van der Waals surface area contributed by atoms with Gasteiger partial charge in [0.05, 0.1) is 13.5 Å². The summed E-state index contributed by atoms with van der Waals surface area (Å²) in [5.41, 5.74) is 3.81. The van der Waals surface area contributed by atoms with E-state index in [1.54, 1.807) is 7.11 Å². The maximum absolute atomic E-state index is 13.7. The van der Waals surface area contributed by atoms with E-state index in [0.29, 0.717) is 18.7 Å². The van der Waals surface area contributed by atoms with E-state index in [2.05, 4.69) is 31.2 Å². The van der Waals surface area contributed by atoms with E-state index < -0.39 is 5.66 Å². The Kier molecular flexibility index (Phi) is 5.41. The smallest absolute Gasteiger partial charge is 0.256 e. The van der Waals surface area contributed by atoms with Crippen molar-refractivity contribution in [1.29, 1.82) is 0 Å². The minimum Gasteiger partial charge on any atom is -0.497 e. The van der Waals surface area contributed by atoms with E-state index in [-0.39, 0.29) is 18.2 Å². The minimum absolute atomic E-state index is 0.00445. The van der Waals surface area contributed by atoms with E-state index in [0.717, 1.165) is 35.3 Å². The number of fused-ring (bicyclic) bond motifs is 3. The van der Waals surface area contributed by atoms with Crippen molar-refractivity contribution >= 4 is 11.8 Å².